The minimum absolute atomic E-state index is 0.663. The van der Waals surface area contributed by atoms with Gasteiger partial charge in [-0.3, -0.25) is 9.56 Å². The van der Waals surface area contributed by atoms with E-state index in [1.807, 2.05) is 0 Å². The van der Waals surface area contributed by atoms with Crippen molar-refractivity contribution in [2.24, 2.45) is 4.99 Å². The van der Waals surface area contributed by atoms with E-state index in [0.717, 1.165) is 5.52 Å². The normalized spacial score (nSPS) is 12.0. The van der Waals surface area contributed by atoms with Gasteiger partial charge < -0.3 is 5.32 Å². The first-order chi connectivity index (χ1) is 6.86. The number of rotatable bonds is 0. The van der Waals surface area contributed by atoms with Gasteiger partial charge in [-0.15, -0.1) is 0 Å². The topological polar surface area (TPSA) is 68.0 Å². The van der Waals surface area contributed by atoms with Crippen LogP contribution in [0.4, 0.5) is 0 Å². The fraction of sp³-hybridized carbons (Fsp3) is 0.250. The van der Waals surface area contributed by atoms with Crippen LogP contribution in [0, 0.1) is 0 Å². The summed E-state index contributed by atoms with van der Waals surface area (Å²) >= 11 is 0. The van der Waals surface area contributed by atoms with Crippen molar-refractivity contribution < 1.29 is 0 Å². The molecular weight excluding hydrogens is 180 g/mol. The molecule has 2 aromatic heterocycles. The lowest BCUT2D eigenvalue weighted by molar-refractivity contribution is 1.01. The van der Waals surface area contributed by atoms with Crippen molar-refractivity contribution >= 4 is 17.1 Å². The van der Waals surface area contributed by atoms with Gasteiger partial charge in [0, 0.05) is 14.1 Å². The third-order valence-electron chi connectivity index (χ3n) is 1.89. The zero-order chi connectivity index (χ0) is 9.97. The summed E-state index contributed by atoms with van der Waals surface area (Å²) < 4.78 is 1.80. The van der Waals surface area contributed by atoms with Crippen molar-refractivity contribution in [2.45, 2.75) is 0 Å². The molecule has 72 valence electrons. The van der Waals surface area contributed by atoms with Crippen molar-refractivity contribution in [1.82, 2.24) is 24.8 Å². The number of aliphatic imine (C=N–C) groups is 1. The lowest BCUT2D eigenvalue weighted by atomic mass is 10.5. The number of aromatic nitrogens is 4. The molecule has 14 heavy (non-hydrogen) atoms. The second-order valence-corrected chi connectivity index (χ2v) is 2.64. The van der Waals surface area contributed by atoms with Crippen LogP contribution in [0.3, 0.4) is 0 Å². The molecule has 0 unspecified atom stereocenters. The number of fused-ring (bicyclic) bond motifs is 1. The van der Waals surface area contributed by atoms with Gasteiger partial charge in [0.1, 0.15) is 18.2 Å². The number of hydrogen-bond donors (Lipinski definition) is 1. The third kappa shape index (κ3) is 1.20. The van der Waals surface area contributed by atoms with E-state index in [0.29, 0.717) is 11.6 Å². The Morgan fingerprint density at radius 3 is 3.07 bits per heavy atom. The SMILES string of the molecule is CN=C(NC)n1cnc2ncncc21. The minimum atomic E-state index is 0.663. The van der Waals surface area contributed by atoms with Crippen LogP contribution in [0.25, 0.3) is 11.2 Å². The van der Waals surface area contributed by atoms with Gasteiger partial charge in [0.15, 0.2) is 5.65 Å². The van der Waals surface area contributed by atoms with Crippen LogP contribution in [0.1, 0.15) is 0 Å². The average molecular weight is 190 g/mol. The quantitative estimate of drug-likeness (QED) is 0.464. The Balaban J connectivity index is 2.63. The molecule has 0 atom stereocenters. The Hall–Kier alpha value is -1.98. The highest BCUT2D eigenvalue weighted by atomic mass is 15.2. The highest BCUT2D eigenvalue weighted by Gasteiger charge is 2.06. The van der Waals surface area contributed by atoms with Crippen LogP contribution in [0.15, 0.2) is 23.8 Å². The van der Waals surface area contributed by atoms with E-state index in [1.165, 1.54) is 6.33 Å². The van der Waals surface area contributed by atoms with Gasteiger partial charge in [-0.25, -0.2) is 15.0 Å². The summed E-state index contributed by atoms with van der Waals surface area (Å²) in [6, 6.07) is 0. The fourth-order valence-corrected chi connectivity index (χ4v) is 1.27. The zero-order valence-corrected chi connectivity index (χ0v) is 7.97. The molecule has 6 nitrogen and oxygen atoms in total. The van der Waals surface area contributed by atoms with Gasteiger partial charge in [-0.2, -0.15) is 0 Å². The number of nitrogens with one attached hydrogen (secondary N) is 1. The van der Waals surface area contributed by atoms with Crippen molar-refractivity contribution in [3.05, 3.63) is 18.9 Å². The second kappa shape index (κ2) is 3.41. The monoisotopic (exact) mass is 190 g/mol. The van der Waals surface area contributed by atoms with Crippen LogP contribution >= 0.6 is 0 Å². The average Bonchev–Trinajstić information content (AvgIpc) is 2.65. The maximum atomic E-state index is 4.13. The third-order valence-corrected chi connectivity index (χ3v) is 1.89. The molecule has 0 aliphatic rings. The van der Waals surface area contributed by atoms with E-state index >= 15 is 0 Å². The molecule has 1 N–H and O–H groups in total. The molecule has 0 bridgehead atoms. The van der Waals surface area contributed by atoms with Crippen molar-refractivity contribution in [3.8, 4) is 0 Å². The number of hydrogen-bond acceptors (Lipinski definition) is 4. The van der Waals surface area contributed by atoms with Gasteiger partial charge in [0.25, 0.3) is 0 Å². The molecular formula is C8H10N6. The summed E-state index contributed by atoms with van der Waals surface area (Å²) in [5.41, 5.74) is 1.50. The van der Waals surface area contributed by atoms with Gasteiger partial charge in [0.05, 0.1) is 6.20 Å². The molecule has 0 saturated heterocycles. The first kappa shape index (κ1) is 8.61. The van der Waals surface area contributed by atoms with Gasteiger partial charge >= 0.3 is 0 Å². The molecule has 2 rings (SSSR count). The molecule has 6 heteroatoms. The highest BCUT2D eigenvalue weighted by molar-refractivity contribution is 5.90. The molecule has 0 aliphatic heterocycles. The predicted molar refractivity (Wildman–Crippen MR) is 53.1 cm³/mol. The highest BCUT2D eigenvalue weighted by Crippen LogP contribution is 2.06. The summed E-state index contributed by atoms with van der Waals surface area (Å²) in [5.74, 6) is 0.710. The van der Waals surface area contributed by atoms with Crippen molar-refractivity contribution in [2.75, 3.05) is 14.1 Å². The Bertz CT molecular complexity index is 471. The Morgan fingerprint density at radius 1 is 1.50 bits per heavy atom. The van der Waals surface area contributed by atoms with Gasteiger partial charge in [-0.1, -0.05) is 0 Å². The standard InChI is InChI=1S/C8H10N6/c1-9-8(10-2)14-5-13-7-6(14)3-11-4-12-7/h3-5H,1-2H3,(H,9,10). The second-order valence-electron chi connectivity index (χ2n) is 2.64. The molecule has 2 aromatic rings. The minimum Gasteiger partial charge on any atom is -0.359 e. The van der Waals surface area contributed by atoms with Crippen LogP contribution in [0.5, 0.6) is 0 Å². The number of imidazole rings is 1. The first-order valence-electron chi connectivity index (χ1n) is 4.14. The molecule has 2 heterocycles. The van der Waals surface area contributed by atoms with E-state index in [2.05, 4.69) is 25.3 Å². The smallest absolute Gasteiger partial charge is 0.203 e. The van der Waals surface area contributed by atoms with E-state index in [1.54, 1.807) is 31.2 Å². The van der Waals surface area contributed by atoms with Gasteiger partial charge in [-0.05, 0) is 0 Å². The van der Waals surface area contributed by atoms with Crippen LogP contribution in [-0.4, -0.2) is 39.6 Å². The maximum absolute atomic E-state index is 4.13. The summed E-state index contributed by atoms with van der Waals surface area (Å²) in [6.45, 7) is 0. The van der Waals surface area contributed by atoms with Gasteiger partial charge in [0.2, 0.25) is 5.96 Å². The molecule has 0 aromatic carbocycles. The van der Waals surface area contributed by atoms with Crippen LogP contribution < -0.4 is 5.32 Å². The summed E-state index contributed by atoms with van der Waals surface area (Å²) in [4.78, 5) is 16.2. The Kier molecular flexibility index (Phi) is 2.10. The largest absolute Gasteiger partial charge is 0.359 e. The van der Waals surface area contributed by atoms with Crippen LogP contribution in [0.2, 0.25) is 0 Å². The fourth-order valence-electron chi connectivity index (χ4n) is 1.27. The molecule has 0 spiro atoms. The van der Waals surface area contributed by atoms with E-state index in [-0.39, 0.29) is 0 Å². The lowest BCUT2D eigenvalue weighted by Crippen LogP contribution is -2.25. The van der Waals surface area contributed by atoms with Crippen molar-refractivity contribution in [1.29, 1.82) is 0 Å². The van der Waals surface area contributed by atoms with E-state index in [4.69, 9.17) is 0 Å². The molecule has 0 saturated carbocycles. The predicted octanol–water partition coefficient (Wildman–Crippen LogP) is -0.120. The molecule has 0 aliphatic carbocycles. The number of nitrogens with zero attached hydrogens (tertiary/aromatic N) is 5. The first-order valence-corrected chi connectivity index (χ1v) is 4.14. The summed E-state index contributed by atoms with van der Waals surface area (Å²) in [7, 11) is 3.51. The zero-order valence-electron chi connectivity index (χ0n) is 7.97. The lowest BCUT2D eigenvalue weighted by Gasteiger charge is -2.05. The summed E-state index contributed by atoms with van der Waals surface area (Å²) in [6.07, 6.45) is 4.85. The van der Waals surface area contributed by atoms with Crippen LogP contribution in [-0.2, 0) is 0 Å². The summed E-state index contributed by atoms with van der Waals surface area (Å²) in [5, 5.41) is 2.96. The molecule has 0 amide bonds. The Morgan fingerprint density at radius 2 is 2.36 bits per heavy atom. The Labute approximate surface area is 80.7 Å². The maximum Gasteiger partial charge on any atom is 0.203 e. The molecule has 0 radical (unpaired) electrons. The van der Waals surface area contributed by atoms with Crippen molar-refractivity contribution in [3.63, 3.8) is 0 Å². The van der Waals surface area contributed by atoms with E-state index in [9.17, 15) is 0 Å². The molecule has 0 fully saturated rings. The van der Waals surface area contributed by atoms with E-state index < -0.39 is 0 Å².